The van der Waals surface area contributed by atoms with Gasteiger partial charge in [-0.2, -0.15) is 0 Å². The van der Waals surface area contributed by atoms with Crippen molar-refractivity contribution in [1.82, 2.24) is 9.97 Å². The van der Waals surface area contributed by atoms with E-state index in [1.807, 2.05) is 24.3 Å². The Hall–Kier alpha value is -3.82. The SMILES string of the molecule is COc1c(Cl)cc(Cl)cc1C(=O)Nc1cc2nc3ccccc3nc2cc1NC(=O)c1cc(Cl)cc(Cl)c1OC. The number of halogens is 4. The lowest BCUT2D eigenvalue weighted by molar-refractivity contribution is 0.101. The molecule has 0 aliphatic carbocycles. The van der Waals surface area contributed by atoms with Crippen molar-refractivity contribution in [3.05, 3.63) is 91.9 Å². The molecular formula is C28H18Cl4N4O4. The highest BCUT2D eigenvalue weighted by atomic mass is 35.5. The van der Waals surface area contributed by atoms with E-state index in [2.05, 4.69) is 20.6 Å². The second-order valence-corrected chi connectivity index (χ2v) is 10.1. The number of para-hydroxylation sites is 2. The van der Waals surface area contributed by atoms with Crippen LogP contribution in [-0.2, 0) is 0 Å². The summed E-state index contributed by atoms with van der Waals surface area (Å²) < 4.78 is 10.7. The normalized spacial score (nSPS) is 10.9. The van der Waals surface area contributed by atoms with E-state index >= 15 is 0 Å². The van der Waals surface area contributed by atoms with Crippen LogP contribution in [0, 0.1) is 0 Å². The van der Waals surface area contributed by atoms with Gasteiger partial charge in [-0.15, -0.1) is 0 Å². The van der Waals surface area contributed by atoms with Gasteiger partial charge in [0.1, 0.15) is 11.5 Å². The molecule has 0 bridgehead atoms. The van der Waals surface area contributed by atoms with Gasteiger partial charge in [0, 0.05) is 10.0 Å². The van der Waals surface area contributed by atoms with Gasteiger partial charge in [-0.3, -0.25) is 9.59 Å². The monoisotopic (exact) mass is 614 g/mol. The number of carbonyl (C=O) groups is 2. The van der Waals surface area contributed by atoms with Crippen LogP contribution in [0.15, 0.2) is 60.7 Å². The number of fused-ring (bicyclic) bond motifs is 2. The van der Waals surface area contributed by atoms with Gasteiger partial charge < -0.3 is 20.1 Å². The molecule has 2 N–H and O–H groups in total. The van der Waals surface area contributed by atoms with E-state index in [1.165, 1.54) is 38.5 Å². The first-order valence-electron chi connectivity index (χ1n) is 11.6. The summed E-state index contributed by atoms with van der Waals surface area (Å²) in [7, 11) is 2.77. The number of benzene rings is 4. The molecule has 1 heterocycles. The van der Waals surface area contributed by atoms with E-state index in [1.54, 1.807) is 12.1 Å². The van der Waals surface area contributed by atoms with Gasteiger partial charge >= 0.3 is 0 Å². The van der Waals surface area contributed by atoms with Crippen LogP contribution in [0.5, 0.6) is 11.5 Å². The zero-order valence-corrected chi connectivity index (χ0v) is 23.8. The first-order valence-corrected chi connectivity index (χ1v) is 13.1. The van der Waals surface area contributed by atoms with Crippen molar-refractivity contribution >= 4 is 91.7 Å². The Morgan fingerprint density at radius 1 is 0.625 bits per heavy atom. The van der Waals surface area contributed by atoms with Gasteiger partial charge in [0.05, 0.1) is 68.8 Å². The summed E-state index contributed by atoms with van der Waals surface area (Å²) in [6, 6.07) is 16.3. The van der Waals surface area contributed by atoms with Gasteiger partial charge in [-0.25, -0.2) is 9.97 Å². The van der Waals surface area contributed by atoms with E-state index in [-0.39, 0.29) is 54.1 Å². The third kappa shape index (κ3) is 5.44. The lowest BCUT2D eigenvalue weighted by Crippen LogP contribution is -2.18. The van der Waals surface area contributed by atoms with Gasteiger partial charge in [-0.05, 0) is 48.5 Å². The molecule has 0 aliphatic rings. The zero-order valence-electron chi connectivity index (χ0n) is 20.8. The average molecular weight is 616 g/mol. The first kappa shape index (κ1) is 27.7. The number of aromatic nitrogens is 2. The third-order valence-electron chi connectivity index (χ3n) is 5.89. The molecule has 0 aliphatic heterocycles. The maximum Gasteiger partial charge on any atom is 0.259 e. The summed E-state index contributed by atoms with van der Waals surface area (Å²) >= 11 is 24.8. The van der Waals surface area contributed by atoms with E-state index in [0.29, 0.717) is 22.1 Å². The minimum absolute atomic E-state index is 0.0882. The summed E-state index contributed by atoms with van der Waals surface area (Å²) in [5, 5.41) is 6.41. The number of nitrogens with zero attached hydrogens (tertiary/aromatic N) is 2. The van der Waals surface area contributed by atoms with Crippen molar-refractivity contribution in [2.75, 3.05) is 24.9 Å². The van der Waals surface area contributed by atoms with Crippen molar-refractivity contribution in [2.45, 2.75) is 0 Å². The van der Waals surface area contributed by atoms with Crippen LogP contribution >= 0.6 is 46.4 Å². The van der Waals surface area contributed by atoms with E-state index in [4.69, 9.17) is 55.9 Å². The number of ether oxygens (including phenoxy) is 2. The molecule has 0 atom stereocenters. The standard InChI is InChI=1S/C28H18Cl4N4O4/c1-39-25-15(7-13(29)9-17(25)31)27(37)35-23-11-21-22(34-20-6-4-3-5-19(20)33-21)12-24(23)36-28(38)16-8-14(30)10-18(32)26(16)40-2/h3-12H,1-2H3,(H,35,37)(H,36,38). The average Bonchev–Trinajstić information content (AvgIpc) is 2.91. The number of rotatable bonds is 6. The molecule has 0 fully saturated rings. The minimum atomic E-state index is -0.590. The lowest BCUT2D eigenvalue weighted by Gasteiger charge is -2.17. The number of nitrogens with one attached hydrogen (secondary N) is 2. The lowest BCUT2D eigenvalue weighted by atomic mass is 10.1. The first-order chi connectivity index (χ1) is 19.2. The summed E-state index contributed by atoms with van der Waals surface area (Å²) in [6.07, 6.45) is 0. The minimum Gasteiger partial charge on any atom is -0.494 e. The van der Waals surface area contributed by atoms with E-state index in [0.717, 1.165) is 0 Å². The second kappa shape index (κ2) is 11.3. The van der Waals surface area contributed by atoms with Crippen molar-refractivity contribution in [1.29, 1.82) is 0 Å². The smallest absolute Gasteiger partial charge is 0.259 e. The van der Waals surface area contributed by atoms with Gasteiger partial charge in [-0.1, -0.05) is 58.5 Å². The Balaban J connectivity index is 1.63. The maximum absolute atomic E-state index is 13.4. The molecule has 0 unspecified atom stereocenters. The van der Waals surface area contributed by atoms with Crippen LogP contribution in [0.3, 0.4) is 0 Å². The van der Waals surface area contributed by atoms with Gasteiger partial charge in [0.2, 0.25) is 0 Å². The quantitative estimate of drug-likeness (QED) is 0.188. The molecule has 0 radical (unpaired) electrons. The number of methoxy groups -OCH3 is 2. The molecule has 202 valence electrons. The summed E-state index contributed by atoms with van der Waals surface area (Å²) in [5.74, 6) is -0.903. The highest BCUT2D eigenvalue weighted by molar-refractivity contribution is 6.37. The highest BCUT2D eigenvalue weighted by Gasteiger charge is 2.22. The van der Waals surface area contributed by atoms with Crippen LogP contribution in [0.2, 0.25) is 20.1 Å². The van der Waals surface area contributed by atoms with Gasteiger partial charge in [0.25, 0.3) is 11.8 Å². The van der Waals surface area contributed by atoms with E-state index in [9.17, 15) is 9.59 Å². The molecule has 0 spiro atoms. The number of amides is 2. The number of carbonyl (C=O) groups excluding carboxylic acids is 2. The highest BCUT2D eigenvalue weighted by Crippen LogP contribution is 2.36. The molecule has 8 nitrogen and oxygen atoms in total. The number of hydrogen-bond donors (Lipinski definition) is 2. The Kier molecular flexibility index (Phi) is 7.87. The Bertz CT molecular complexity index is 1700. The summed E-state index contributed by atoms with van der Waals surface area (Å²) in [4.78, 5) is 36.2. The maximum atomic E-state index is 13.4. The molecule has 0 saturated carbocycles. The molecule has 0 saturated heterocycles. The largest absolute Gasteiger partial charge is 0.494 e. The fourth-order valence-electron chi connectivity index (χ4n) is 4.13. The predicted molar refractivity (Wildman–Crippen MR) is 159 cm³/mol. The fraction of sp³-hybridized carbons (Fsp3) is 0.0714. The predicted octanol–water partition coefficient (Wildman–Crippen LogP) is 7.92. The number of anilines is 2. The molecule has 5 aromatic rings. The van der Waals surface area contributed by atoms with Crippen LogP contribution in [-0.4, -0.2) is 36.0 Å². The van der Waals surface area contributed by atoms with Crippen LogP contribution in [0.4, 0.5) is 11.4 Å². The Morgan fingerprint density at radius 2 is 1.02 bits per heavy atom. The van der Waals surface area contributed by atoms with Crippen LogP contribution in [0.1, 0.15) is 20.7 Å². The molecule has 2 amide bonds. The number of hydrogen-bond acceptors (Lipinski definition) is 6. The molecular weight excluding hydrogens is 598 g/mol. The van der Waals surface area contributed by atoms with Crippen LogP contribution in [0.25, 0.3) is 22.1 Å². The summed E-state index contributed by atoms with van der Waals surface area (Å²) in [6.45, 7) is 0. The fourth-order valence-corrected chi connectivity index (χ4v) is 5.27. The topological polar surface area (TPSA) is 102 Å². The van der Waals surface area contributed by atoms with Crippen LogP contribution < -0.4 is 20.1 Å². The van der Waals surface area contributed by atoms with Crippen molar-refractivity contribution in [3.8, 4) is 11.5 Å². The Labute approximate surface area is 248 Å². The van der Waals surface area contributed by atoms with Crippen molar-refractivity contribution < 1.29 is 19.1 Å². The Morgan fingerprint density at radius 3 is 1.40 bits per heavy atom. The molecule has 4 aromatic carbocycles. The van der Waals surface area contributed by atoms with E-state index < -0.39 is 11.8 Å². The molecule has 1 aromatic heterocycles. The molecule has 40 heavy (non-hydrogen) atoms. The zero-order chi connectivity index (χ0) is 28.6. The van der Waals surface area contributed by atoms with Crippen molar-refractivity contribution in [3.63, 3.8) is 0 Å². The third-order valence-corrected chi connectivity index (χ3v) is 6.89. The van der Waals surface area contributed by atoms with Crippen molar-refractivity contribution in [2.24, 2.45) is 0 Å². The van der Waals surface area contributed by atoms with Gasteiger partial charge in [0.15, 0.2) is 0 Å². The molecule has 12 heteroatoms. The summed E-state index contributed by atoms with van der Waals surface area (Å²) in [5.41, 5.74) is 2.89. The molecule has 5 rings (SSSR count). The second-order valence-electron chi connectivity index (χ2n) is 8.44.